The highest BCUT2D eigenvalue weighted by Gasteiger charge is 2.23. The standard InChI is InChI=1S/C15H14FNO2/c16-14-9-5-4-8-12(14)13(10-17)15(18)19-11-6-2-1-3-7-11/h1-9,13H,10,17H2. The highest BCUT2D eigenvalue weighted by Crippen LogP contribution is 2.21. The van der Waals surface area contributed by atoms with E-state index < -0.39 is 17.7 Å². The zero-order valence-electron chi connectivity index (χ0n) is 10.3. The van der Waals surface area contributed by atoms with Crippen molar-refractivity contribution in [2.45, 2.75) is 5.92 Å². The number of rotatable bonds is 4. The Morgan fingerprint density at radius 1 is 1.11 bits per heavy atom. The molecule has 0 aliphatic rings. The zero-order chi connectivity index (χ0) is 13.7. The minimum atomic E-state index is -0.804. The summed E-state index contributed by atoms with van der Waals surface area (Å²) in [5, 5.41) is 0. The molecule has 0 aliphatic carbocycles. The van der Waals surface area contributed by atoms with Gasteiger partial charge in [-0.3, -0.25) is 4.79 Å². The van der Waals surface area contributed by atoms with Gasteiger partial charge in [0.25, 0.3) is 0 Å². The largest absolute Gasteiger partial charge is 0.426 e. The second kappa shape index (κ2) is 6.11. The summed E-state index contributed by atoms with van der Waals surface area (Å²) in [5.41, 5.74) is 5.82. The molecule has 0 saturated heterocycles. The Morgan fingerprint density at radius 3 is 2.37 bits per heavy atom. The molecule has 0 bridgehead atoms. The van der Waals surface area contributed by atoms with Crippen molar-refractivity contribution >= 4 is 5.97 Å². The summed E-state index contributed by atoms with van der Waals surface area (Å²) in [7, 11) is 0. The van der Waals surface area contributed by atoms with E-state index in [1.807, 2.05) is 6.07 Å². The molecule has 0 aliphatic heterocycles. The van der Waals surface area contributed by atoms with E-state index in [0.29, 0.717) is 5.75 Å². The molecule has 2 rings (SSSR count). The summed E-state index contributed by atoms with van der Waals surface area (Å²) in [6.45, 7) is -0.00734. The van der Waals surface area contributed by atoms with Gasteiger partial charge < -0.3 is 10.5 Å². The summed E-state index contributed by atoms with van der Waals surface area (Å²) < 4.78 is 18.9. The number of ether oxygens (including phenoxy) is 1. The van der Waals surface area contributed by atoms with Gasteiger partial charge in [0.15, 0.2) is 0 Å². The minimum Gasteiger partial charge on any atom is -0.426 e. The Labute approximate surface area is 110 Å². The summed E-state index contributed by atoms with van der Waals surface area (Å²) in [5.74, 6) is -1.40. The molecule has 0 saturated carbocycles. The fourth-order valence-electron chi connectivity index (χ4n) is 1.78. The average Bonchev–Trinajstić information content (AvgIpc) is 2.43. The van der Waals surface area contributed by atoms with E-state index in [2.05, 4.69) is 0 Å². The van der Waals surface area contributed by atoms with Gasteiger partial charge in [-0.15, -0.1) is 0 Å². The van der Waals surface area contributed by atoms with Crippen LogP contribution in [0.25, 0.3) is 0 Å². The maximum absolute atomic E-state index is 13.7. The fourth-order valence-corrected chi connectivity index (χ4v) is 1.78. The molecule has 0 fully saturated rings. The molecule has 0 heterocycles. The van der Waals surface area contributed by atoms with E-state index in [9.17, 15) is 9.18 Å². The number of carbonyl (C=O) groups is 1. The van der Waals surface area contributed by atoms with Crippen molar-refractivity contribution in [1.29, 1.82) is 0 Å². The Balaban J connectivity index is 2.19. The lowest BCUT2D eigenvalue weighted by atomic mass is 9.99. The second-order valence-electron chi connectivity index (χ2n) is 4.04. The van der Waals surface area contributed by atoms with Crippen LogP contribution in [-0.2, 0) is 4.79 Å². The highest BCUT2D eigenvalue weighted by atomic mass is 19.1. The third kappa shape index (κ3) is 3.17. The van der Waals surface area contributed by atoms with E-state index in [4.69, 9.17) is 10.5 Å². The Bertz CT molecular complexity index is 557. The van der Waals surface area contributed by atoms with Crippen molar-refractivity contribution in [3.05, 3.63) is 66.0 Å². The van der Waals surface area contributed by atoms with Gasteiger partial charge in [-0.05, 0) is 18.2 Å². The van der Waals surface area contributed by atoms with Crippen LogP contribution in [0.1, 0.15) is 11.5 Å². The lowest BCUT2D eigenvalue weighted by molar-refractivity contribution is -0.135. The molecule has 1 atom stereocenters. The first-order valence-corrected chi connectivity index (χ1v) is 5.93. The molecule has 98 valence electrons. The van der Waals surface area contributed by atoms with Crippen molar-refractivity contribution in [2.24, 2.45) is 5.73 Å². The molecule has 0 aromatic heterocycles. The number of esters is 1. The summed E-state index contributed by atoms with van der Waals surface area (Å²) in [6.07, 6.45) is 0. The van der Waals surface area contributed by atoms with Crippen molar-refractivity contribution in [3.8, 4) is 5.75 Å². The molecule has 2 aromatic rings. The third-order valence-corrected chi connectivity index (χ3v) is 2.76. The topological polar surface area (TPSA) is 52.3 Å². The number of benzene rings is 2. The van der Waals surface area contributed by atoms with Crippen LogP contribution >= 0.6 is 0 Å². The number of hydrogen-bond donors (Lipinski definition) is 1. The van der Waals surface area contributed by atoms with Crippen molar-refractivity contribution in [2.75, 3.05) is 6.54 Å². The molecular formula is C15H14FNO2. The Morgan fingerprint density at radius 2 is 1.74 bits per heavy atom. The lowest BCUT2D eigenvalue weighted by Gasteiger charge is -2.14. The van der Waals surface area contributed by atoms with Gasteiger partial charge >= 0.3 is 5.97 Å². The molecular weight excluding hydrogens is 245 g/mol. The molecule has 0 spiro atoms. The van der Waals surface area contributed by atoms with Gasteiger partial charge in [-0.2, -0.15) is 0 Å². The van der Waals surface area contributed by atoms with Crippen molar-refractivity contribution in [3.63, 3.8) is 0 Å². The Kier molecular flexibility index (Phi) is 4.26. The van der Waals surface area contributed by atoms with Crippen LogP contribution in [0.3, 0.4) is 0 Å². The van der Waals surface area contributed by atoms with Crippen LogP contribution in [0.15, 0.2) is 54.6 Å². The number of nitrogens with two attached hydrogens (primary N) is 1. The maximum atomic E-state index is 13.7. The molecule has 4 heteroatoms. The van der Waals surface area contributed by atoms with E-state index in [0.717, 1.165) is 0 Å². The van der Waals surface area contributed by atoms with Crippen LogP contribution in [0.5, 0.6) is 5.75 Å². The predicted molar refractivity (Wildman–Crippen MR) is 70.3 cm³/mol. The number of halogens is 1. The van der Waals surface area contributed by atoms with E-state index in [1.165, 1.54) is 6.07 Å². The predicted octanol–water partition coefficient (Wildman–Crippen LogP) is 2.47. The normalized spacial score (nSPS) is 11.9. The monoisotopic (exact) mass is 259 g/mol. The molecule has 0 amide bonds. The molecule has 1 unspecified atom stereocenters. The number of hydrogen-bond acceptors (Lipinski definition) is 3. The second-order valence-corrected chi connectivity index (χ2v) is 4.04. The quantitative estimate of drug-likeness (QED) is 0.678. The molecule has 19 heavy (non-hydrogen) atoms. The van der Waals surface area contributed by atoms with Crippen LogP contribution in [-0.4, -0.2) is 12.5 Å². The molecule has 2 aromatic carbocycles. The van der Waals surface area contributed by atoms with E-state index >= 15 is 0 Å². The first-order valence-electron chi connectivity index (χ1n) is 5.93. The van der Waals surface area contributed by atoms with Gasteiger partial charge in [-0.25, -0.2) is 4.39 Å². The smallest absolute Gasteiger partial charge is 0.320 e. The first-order chi connectivity index (χ1) is 9.22. The van der Waals surface area contributed by atoms with Crippen LogP contribution < -0.4 is 10.5 Å². The zero-order valence-corrected chi connectivity index (χ0v) is 10.3. The van der Waals surface area contributed by atoms with Gasteiger partial charge in [0.05, 0.1) is 5.92 Å². The molecule has 0 radical (unpaired) electrons. The SMILES string of the molecule is NCC(C(=O)Oc1ccccc1)c1ccccc1F. The number of para-hydroxylation sites is 1. The van der Waals surface area contributed by atoms with Crippen LogP contribution in [0.2, 0.25) is 0 Å². The van der Waals surface area contributed by atoms with Crippen LogP contribution in [0, 0.1) is 5.82 Å². The fraction of sp³-hybridized carbons (Fsp3) is 0.133. The average molecular weight is 259 g/mol. The maximum Gasteiger partial charge on any atom is 0.320 e. The van der Waals surface area contributed by atoms with Gasteiger partial charge in [-0.1, -0.05) is 36.4 Å². The molecule has 3 nitrogen and oxygen atoms in total. The number of carbonyl (C=O) groups excluding carboxylic acids is 1. The molecule has 2 N–H and O–H groups in total. The van der Waals surface area contributed by atoms with Gasteiger partial charge in [0, 0.05) is 12.1 Å². The Hall–Kier alpha value is -2.20. The van der Waals surface area contributed by atoms with Gasteiger partial charge in [0.2, 0.25) is 0 Å². The van der Waals surface area contributed by atoms with Crippen LogP contribution in [0.4, 0.5) is 4.39 Å². The van der Waals surface area contributed by atoms with Crippen molar-refractivity contribution < 1.29 is 13.9 Å². The highest BCUT2D eigenvalue weighted by molar-refractivity contribution is 5.80. The summed E-state index contributed by atoms with van der Waals surface area (Å²) in [4.78, 5) is 12.0. The first kappa shape index (κ1) is 13.2. The summed E-state index contributed by atoms with van der Waals surface area (Å²) >= 11 is 0. The third-order valence-electron chi connectivity index (χ3n) is 2.76. The van der Waals surface area contributed by atoms with E-state index in [-0.39, 0.29) is 12.1 Å². The van der Waals surface area contributed by atoms with Crippen molar-refractivity contribution in [1.82, 2.24) is 0 Å². The van der Waals surface area contributed by atoms with E-state index in [1.54, 1.807) is 42.5 Å². The minimum absolute atomic E-state index is 0.00734. The lowest BCUT2D eigenvalue weighted by Crippen LogP contribution is -2.26. The summed E-state index contributed by atoms with van der Waals surface area (Å²) in [6, 6.07) is 14.7. The van der Waals surface area contributed by atoms with Gasteiger partial charge in [0.1, 0.15) is 11.6 Å².